The van der Waals surface area contributed by atoms with Crippen LogP contribution in [0.2, 0.25) is 0 Å². The molecule has 1 aliphatic rings. The molecule has 2 aromatic heterocycles. The van der Waals surface area contributed by atoms with Crippen LogP contribution in [0.25, 0.3) is 0 Å². The topological polar surface area (TPSA) is 49.2 Å². The molecule has 0 N–H and O–H groups in total. The molecule has 3 heterocycles. The summed E-state index contributed by atoms with van der Waals surface area (Å²) in [6.07, 6.45) is 5.57. The second-order valence-corrected chi connectivity index (χ2v) is 6.96. The maximum Gasteiger partial charge on any atom is 0.498 e. The number of rotatable bonds is 3. The highest BCUT2D eigenvalue weighted by atomic mass is 32.1. The van der Waals surface area contributed by atoms with Crippen molar-refractivity contribution in [2.75, 3.05) is 0 Å². The Morgan fingerprint density at radius 1 is 1.25 bits per heavy atom. The minimum absolute atomic E-state index is 0.324. The van der Waals surface area contributed by atoms with Crippen molar-refractivity contribution in [1.82, 2.24) is 14.8 Å². The van der Waals surface area contributed by atoms with Crippen molar-refractivity contribution in [3.05, 3.63) is 29.0 Å². The number of hydrogen-bond acceptors (Lipinski definition) is 5. The van der Waals surface area contributed by atoms with Gasteiger partial charge in [-0.05, 0) is 27.7 Å². The van der Waals surface area contributed by atoms with Crippen LogP contribution in [-0.2, 0) is 15.9 Å². The summed E-state index contributed by atoms with van der Waals surface area (Å²) in [5.41, 5.74) is 0.296. The van der Waals surface area contributed by atoms with Gasteiger partial charge in [0.1, 0.15) is 5.01 Å². The maximum atomic E-state index is 6.01. The zero-order valence-electron chi connectivity index (χ0n) is 12.2. The van der Waals surface area contributed by atoms with Crippen molar-refractivity contribution >= 4 is 23.9 Å². The lowest BCUT2D eigenvalue weighted by Gasteiger charge is -2.32. The molecule has 106 valence electrons. The Balaban J connectivity index is 1.75. The van der Waals surface area contributed by atoms with Gasteiger partial charge in [0.25, 0.3) is 0 Å². The van der Waals surface area contributed by atoms with Crippen molar-refractivity contribution in [3.63, 3.8) is 0 Å². The van der Waals surface area contributed by atoms with Crippen molar-refractivity contribution in [3.8, 4) is 0 Å². The first-order chi connectivity index (χ1) is 9.37. The van der Waals surface area contributed by atoms with Crippen LogP contribution in [-0.4, -0.2) is 33.1 Å². The van der Waals surface area contributed by atoms with E-state index in [0.717, 1.165) is 10.5 Å². The van der Waals surface area contributed by atoms with Crippen LogP contribution >= 0.6 is 11.3 Å². The summed E-state index contributed by atoms with van der Waals surface area (Å²) in [6, 6.07) is 0. The Morgan fingerprint density at radius 2 is 1.95 bits per heavy atom. The third kappa shape index (κ3) is 2.41. The molecule has 0 saturated carbocycles. The molecule has 0 aromatic carbocycles. The molecule has 0 unspecified atom stereocenters. The first-order valence-corrected chi connectivity index (χ1v) is 7.52. The van der Waals surface area contributed by atoms with Gasteiger partial charge in [0.05, 0.1) is 17.7 Å². The van der Waals surface area contributed by atoms with Gasteiger partial charge in [-0.3, -0.25) is 4.68 Å². The molecule has 1 saturated heterocycles. The first kappa shape index (κ1) is 13.8. The van der Waals surface area contributed by atoms with Crippen LogP contribution in [0.1, 0.15) is 32.7 Å². The van der Waals surface area contributed by atoms with Crippen molar-refractivity contribution < 1.29 is 9.31 Å². The van der Waals surface area contributed by atoms with Gasteiger partial charge in [-0.2, -0.15) is 5.10 Å². The van der Waals surface area contributed by atoms with Crippen LogP contribution < -0.4 is 5.46 Å². The van der Waals surface area contributed by atoms with Crippen LogP contribution in [0, 0.1) is 0 Å². The molecule has 0 aliphatic carbocycles. The lowest BCUT2D eigenvalue weighted by molar-refractivity contribution is 0.00578. The van der Waals surface area contributed by atoms with Crippen molar-refractivity contribution in [2.24, 2.45) is 0 Å². The van der Waals surface area contributed by atoms with E-state index >= 15 is 0 Å². The Labute approximate surface area is 123 Å². The Morgan fingerprint density at radius 3 is 2.55 bits per heavy atom. The zero-order valence-corrected chi connectivity index (χ0v) is 13.0. The van der Waals surface area contributed by atoms with E-state index in [1.807, 2.05) is 44.0 Å². The molecule has 0 bridgehead atoms. The van der Waals surface area contributed by atoms with E-state index in [2.05, 4.69) is 10.1 Å². The van der Waals surface area contributed by atoms with E-state index in [1.54, 1.807) is 23.7 Å². The zero-order chi connectivity index (χ0) is 14.4. The summed E-state index contributed by atoms with van der Waals surface area (Å²) in [6.45, 7) is 8.87. The summed E-state index contributed by atoms with van der Waals surface area (Å²) in [5.74, 6) is 0. The van der Waals surface area contributed by atoms with Crippen LogP contribution in [0.5, 0.6) is 0 Å². The van der Waals surface area contributed by atoms with Crippen molar-refractivity contribution in [1.29, 1.82) is 0 Å². The fourth-order valence-electron chi connectivity index (χ4n) is 2.04. The molecule has 0 amide bonds. The van der Waals surface area contributed by atoms with Crippen LogP contribution in [0.15, 0.2) is 24.0 Å². The molecule has 2 aromatic rings. The predicted octanol–water partition coefficient (Wildman–Crippen LogP) is 1.69. The molecule has 1 fully saturated rings. The predicted molar refractivity (Wildman–Crippen MR) is 79.2 cm³/mol. The SMILES string of the molecule is CC1(C)OB(c2cnn(Cc3nccs3)c2)OC1(C)C. The third-order valence-corrected chi connectivity index (χ3v) is 4.72. The summed E-state index contributed by atoms with van der Waals surface area (Å²) < 4.78 is 13.9. The largest absolute Gasteiger partial charge is 0.498 e. The monoisotopic (exact) mass is 291 g/mol. The molecule has 0 spiro atoms. The smallest absolute Gasteiger partial charge is 0.399 e. The van der Waals surface area contributed by atoms with E-state index in [1.165, 1.54) is 0 Å². The third-order valence-electron chi connectivity index (χ3n) is 3.96. The van der Waals surface area contributed by atoms with E-state index in [4.69, 9.17) is 9.31 Å². The van der Waals surface area contributed by atoms with E-state index in [9.17, 15) is 0 Å². The average Bonchev–Trinajstić information content (AvgIpc) is 3.02. The lowest BCUT2D eigenvalue weighted by atomic mass is 9.82. The highest BCUT2D eigenvalue weighted by Gasteiger charge is 2.52. The summed E-state index contributed by atoms with van der Waals surface area (Å²) >= 11 is 1.62. The average molecular weight is 291 g/mol. The maximum absolute atomic E-state index is 6.01. The molecule has 0 atom stereocenters. The molecular weight excluding hydrogens is 273 g/mol. The Hall–Kier alpha value is -1.18. The highest BCUT2D eigenvalue weighted by Crippen LogP contribution is 2.36. The van der Waals surface area contributed by atoms with Gasteiger partial charge in [-0.1, -0.05) is 0 Å². The van der Waals surface area contributed by atoms with E-state index < -0.39 is 0 Å². The van der Waals surface area contributed by atoms with E-state index in [0.29, 0.717) is 6.54 Å². The lowest BCUT2D eigenvalue weighted by Crippen LogP contribution is -2.41. The van der Waals surface area contributed by atoms with Gasteiger partial charge in [0, 0.05) is 29.4 Å². The molecule has 1 aliphatic heterocycles. The number of aromatic nitrogens is 3. The first-order valence-electron chi connectivity index (χ1n) is 6.64. The van der Waals surface area contributed by atoms with Crippen molar-refractivity contribution in [2.45, 2.75) is 45.4 Å². The Bertz CT molecular complexity index is 579. The van der Waals surface area contributed by atoms with Gasteiger partial charge >= 0.3 is 7.12 Å². The molecule has 3 rings (SSSR count). The Kier molecular flexibility index (Phi) is 3.23. The van der Waals surface area contributed by atoms with Crippen LogP contribution in [0.4, 0.5) is 0 Å². The van der Waals surface area contributed by atoms with Gasteiger partial charge in [0.15, 0.2) is 0 Å². The minimum atomic E-state index is -0.356. The molecule has 7 heteroatoms. The standard InChI is InChI=1S/C13H18BN3O2S/c1-12(2)13(3,4)19-14(18-12)10-7-16-17(8-10)9-11-15-5-6-20-11/h5-8H,9H2,1-4H3. The second-order valence-electron chi connectivity index (χ2n) is 5.99. The van der Waals surface area contributed by atoms with Gasteiger partial charge in [0.2, 0.25) is 0 Å². The minimum Gasteiger partial charge on any atom is -0.399 e. The summed E-state index contributed by atoms with van der Waals surface area (Å²) in [5, 5.41) is 7.36. The molecule has 5 nitrogen and oxygen atoms in total. The molecular formula is C13H18BN3O2S. The number of thiazole rings is 1. The fourth-order valence-corrected chi connectivity index (χ4v) is 2.64. The van der Waals surface area contributed by atoms with Gasteiger partial charge in [-0.25, -0.2) is 4.98 Å². The van der Waals surface area contributed by atoms with Gasteiger partial charge < -0.3 is 9.31 Å². The number of nitrogens with zero attached hydrogens (tertiary/aromatic N) is 3. The van der Waals surface area contributed by atoms with Crippen LogP contribution in [0.3, 0.4) is 0 Å². The quantitative estimate of drug-likeness (QED) is 0.807. The summed E-state index contributed by atoms with van der Waals surface area (Å²) in [7, 11) is -0.356. The fraction of sp³-hybridized carbons (Fsp3) is 0.538. The number of hydrogen-bond donors (Lipinski definition) is 0. The van der Waals surface area contributed by atoms with E-state index in [-0.39, 0.29) is 18.3 Å². The second kappa shape index (κ2) is 4.68. The summed E-state index contributed by atoms with van der Waals surface area (Å²) in [4.78, 5) is 4.26. The van der Waals surface area contributed by atoms with Gasteiger partial charge in [-0.15, -0.1) is 11.3 Å². The highest BCUT2D eigenvalue weighted by molar-refractivity contribution is 7.09. The molecule has 20 heavy (non-hydrogen) atoms. The normalized spacial score (nSPS) is 20.5. The molecule has 0 radical (unpaired) electrons.